The molecule has 3 heterocycles. The summed E-state index contributed by atoms with van der Waals surface area (Å²) in [6.07, 6.45) is 7.50. The van der Waals surface area contributed by atoms with Crippen LogP contribution in [0.3, 0.4) is 0 Å². The highest BCUT2D eigenvalue weighted by Gasteiger charge is 2.27. The molecule has 0 spiro atoms. The maximum absolute atomic E-state index is 5.47. The molecule has 0 amide bonds. The molecule has 24 heavy (non-hydrogen) atoms. The molecule has 4 rings (SSSR count). The standard InChI is InChI=1S/C17H25N5OS/c1-2-14-15-16(18-11-19-17(15)24-21-14)20-12-3-5-13(6-4-12)22-7-9-23-10-8-22/h11-13H,2-10H2,1H3,(H,18,19,20)/t12-,13-. The molecule has 0 bridgehead atoms. The van der Waals surface area contributed by atoms with Crippen molar-refractivity contribution in [3.05, 3.63) is 12.0 Å². The summed E-state index contributed by atoms with van der Waals surface area (Å²) in [6.45, 7) is 6.11. The predicted octanol–water partition coefficient (Wildman–Crippen LogP) is 2.70. The van der Waals surface area contributed by atoms with Crippen LogP contribution in [0.25, 0.3) is 10.2 Å². The van der Waals surface area contributed by atoms with E-state index in [0.717, 1.165) is 60.5 Å². The second kappa shape index (κ2) is 7.29. The van der Waals surface area contributed by atoms with Gasteiger partial charge in [0.2, 0.25) is 0 Å². The summed E-state index contributed by atoms with van der Waals surface area (Å²) in [4.78, 5) is 12.5. The molecule has 1 aliphatic carbocycles. The van der Waals surface area contributed by atoms with E-state index < -0.39 is 0 Å². The molecular weight excluding hydrogens is 322 g/mol. The van der Waals surface area contributed by atoms with E-state index in [2.05, 4.69) is 31.5 Å². The average Bonchev–Trinajstić information content (AvgIpc) is 3.07. The monoisotopic (exact) mass is 347 g/mol. The zero-order valence-electron chi connectivity index (χ0n) is 14.2. The highest BCUT2D eigenvalue weighted by Crippen LogP contribution is 2.30. The molecule has 0 atom stereocenters. The van der Waals surface area contributed by atoms with E-state index in [-0.39, 0.29) is 0 Å². The molecule has 1 aliphatic heterocycles. The van der Waals surface area contributed by atoms with Crippen LogP contribution in [0.5, 0.6) is 0 Å². The first kappa shape index (κ1) is 16.2. The minimum atomic E-state index is 0.505. The molecule has 1 N–H and O–H groups in total. The van der Waals surface area contributed by atoms with Gasteiger partial charge >= 0.3 is 0 Å². The average molecular weight is 347 g/mol. The van der Waals surface area contributed by atoms with Gasteiger partial charge in [-0.2, -0.15) is 4.37 Å². The number of aromatic nitrogens is 3. The lowest BCUT2D eigenvalue weighted by atomic mass is 9.90. The van der Waals surface area contributed by atoms with Crippen LogP contribution in [-0.2, 0) is 11.2 Å². The number of aryl methyl sites for hydroxylation is 1. The quantitative estimate of drug-likeness (QED) is 0.917. The number of hydrogen-bond acceptors (Lipinski definition) is 7. The van der Waals surface area contributed by atoms with Crippen LogP contribution in [-0.4, -0.2) is 57.6 Å². The summed E-state index contributed by atoms with van der Waals surface area (Å²) < 4.78 is 9.99. The Labute approximate surface area is 146 Å². The Bertz CT molecular complexity index is 677. The van der Waals surface area contributed by atoms with E-state index in [0.29, 0.717) is 6.04 Å². The minimum absolute atomic E-state index is 0.505. The first-order valence-electron chi connectivity index (χ1n) is 9.02. The lowest BCUT2D eigenvalue weighted by molar-refractivity contribution is 0.00791. The van der Waals surface area contributed by atoms with Crippen molar-refractivity contribution in [1.29, 1.82) is 0 Å². The van der Waals surface area contributed by atoms with E-state index >= 15 is 0 Å². The minimum Gasteiger partial charge on any atom is -0.379 e. The van der Waals surface area contributed by atoms with Crippen LogP contribution in [0, 0.1) is 0 Å². The number of rotatable bonds is 4. The Morgan fingerprint density at radius 1 is 1.21 bits per heavy atom. The third-order valence-electron chi connectivity index (χ3n) is 5.28. The molecule has 1 saturated carbocycles. The molecule has 0 radical (unpaired) electrons. The fourth-order valence-corrected chi connectivity index (χ4v) is 4.73. The number of ether oxygens (including phenoxy) is 1. The van der Waals surface area contributed by atoms with E-state index in [9.17, 15) is 0 Å². The molecular formula is C17H25N5OS. The first-order valence-corrected chi connectivity index (χ1v) is 9.80. The molecule has 6 nitrogen and oxygen atoms in total. The second-order valence-corrected chi connectivity index (χ2v) is 7.44. The van der Waals surface area contributed by atoms with Gasteiger partial charge in [-0.05, 0) is 43.6 Å². The van der Waals surface area contributed by atoms with Crippen LogP contribution in [0.4, 0.5) is 5.82 Å². The van der Waals surface area contributed by atoms with Crippen molar-refractivity contribution < 1.29 is 4.74 Å². The van der Waals surface area contributed by atoms with Crippen molar-refractivity contribution in [2.45, 2.75) is 51.1 Å². The maximum atomic E-state index is 5.47. The Kier molecular flexibility index (Phi) is 4.91. The largest absolute Gasteiger partial charge is 0.379 e. The van der Waals surface area contributed by atoms with Gasteiger partial charge in [-0.15, -0.1) is 0 Å². The summed E-state index contributed by atoms with van der Waals surface area (Å²) >= 11 is 1.47. The third kappa shape index (κ3) is 3.25. The van der Waals surface area contributed by atoms with Crippen molar-refractivity contribution in [2.75, 3.05) is 31.6 Å². The third-order valence-corrected chi connectivity index (χ3v) is 6.07. The normalized spacial score (nSPS) is 25.9. The van der Waals surface area contributed by atoms with Crippen molar-refractivity contribution in [3.63, 3.8) is 0 Å². The van der Waals surface area contributed by atoms with Crippen molar-refractivity contribution in [1.82, 2.24) is 19.2 Å². The molecule has 130 valence electrons. The van der Waals surface area contributed by atoms with Gasteiger partial charge < -0.3 is 10.1 Å². The topological polar surface area (TPSA) is 63.2 Å². The lowest BCUT2D eigenvalue weighted by Gasteiger charge is -2.39. The number of anilines is 1. The van der Waals surface area contributed by atoms with Gasteiger partial charge in [-0.3, -0.25) is 4.90 Å². The molecule has 2 aromatic heterocycles. The van der Waals surface area contributed by atoms with Crippen LogP contribution in [0.1, 0.15) is 38.3 Å². The molecule has 0 unspecified atom stereocenters. The van der Waals surface area contributed by atoms with Crippen LogP contribution in [0.15, 0.2) is 6.33 Å². The SMILES string of the molecule is CCc1nsc2ncnc(N[C@H]3CC[C@H](N4CCOCC4)CC3)c12. The number of fused-ring (bicyclic) bond motifs is 1. The molecule has 0 aromatic carbocycles. The van der Waals surface area contributed by atoms with E-state index in [1.54, 1.807) is 6.33 Å². The first-order chi connectivity index (χ1) is 11.8. The molecule has 7 heteroatoms. The van der Waals surface area contributed by atoms with Gasteiger partial charge in [0.05, 0.1) is 24.3 Å². The summed E-state index contributed by atoms with van der Waals surface area (Å²) in [5.74, 6) is 0.973. The molecule has 2 aliphatic rings. The molecule has 1 saturated heterocycles. The van der Waals surface area contributed by atoms with Gasteiger partial charge in [-0.25, -0.2) is 9.97 Å². The Morgan fingerprint density at radius 2 is 2.00 bits per heavy atom. The van der Waals surface area contributed by atoms with Gasteiger partial charge in [-0.1, -0.05) is 6.92 Å². The summed E-state index contributed by atoms with van der Waals surface area (Å²) in [5.41, 5.74) is 1.11. The van der Waals surface area contributed by atoms with Crippen molar-refractivity contribution in [3.8, 4) is 0 Å². The van der Waals surface area contributed by atoms with Gasteiger partial charge in [0, 0.05) is 25.2 Å². The zero-order chi connectivity index (χ0) is 16.4. The molecule has 2 aromatic rings. The predicted molar refractivity (Wildman–Crippen MR) is 96.6 cm³/mol. The van der Waals surface area contributed by atoms with Crippen LogP contribution >= 0.6 is 11.5 Å². The van der Waals surface area contributed by atoms with Crippen molar-refractivity contribution in [2.24, 2.45) is 0 Å². The Morgan fingerprint density at radius 3 is 2.75 bits per heavy atom. The summed E-state index contributed by atoms with van der Waals surface area (Å²) in [5, 5.41) is 4.81. The number of nitrogens with zero attached hydrogens (tertiary/aromatic N) is 4. The van der Waals surface area contributed by atoms with Gasteiger partial charge in [0.15, 0.2) is 0 Å². The zero-order valence-corrected chi connectivity index (χ0v) is 15.0. The summed E-state index contributed by atoms with van der Waals surface area (Å²) in [6, 6.07) is 1.23. The van der Waals surface area contributed by atoms with E-state index in [4.69, 9.17) is 4.74 Å². The van der Waals surface area contributed by atoms with Crippen molar-refractivity contribution >= 4 is 27.6 Å². The number of morpholine rings is 1. The Balaban J connectivity index is 1.41. The highest BCUT2D eigenvalue weighted by molar-refractivity contribution is 7.13. The Hall–Kier alpha value is -1.31. The lowest BCUT2D eigenvalue weighted by Crippen LogP contribution is -2.46. The number of hydrogen-bond donors (Lipinski definition) is 1. The van der Waals surface area contributed by atoms with E-state index in [1.807, 2.05) is 0 Å². The fourth-order valence-electron chi connectivity index (χ4n) is 3.91. The molecule has 2 fully saturated rings. The second-order valence-electron chi connectivity index (χ2n) is 6.68. The smallest absolute Gasteiger partial charge is 0.149 e. The van der Waals surface area contributed by atoms with Gasteiger partial charge in [0.25, 0.3) is 0 Å². The van der Waals surface area contributed by atoms with E-state index in [1.165, 1.54) is 37.2 Å². The maximum Gasteiger partial charge on any atom is 0.149 e. The van der Waals surface area contributed by atoms with Crippen LogP contribution < -0.4 is 5.32 Å². The fraction of sp³-hybridized carbons (Fsp3) is 0.706. The highest BCUT2D eigenvalue weighted by atomic mass is 32.1. The van der Waals surface area contributed by atoms with Gasteiger partial charge in [0.1, 0.15) is 17.0 Å². The number of nitrogens with one attached hydrogen (secondary N) is 1. The summed E-state index contributed by atoms with van der Waals surface area (Å²) in [7, 11) is 0. The van der Waals surface area contributed by atoms with Crippen LogP contribution in [0.2, 0.25) is 0 Å².